The van der Waals surface area contributed by atoms with E-state index >= 15 is 0 Å². The van der Waals surface area contributed by atoms with E-state index in [4.69, 9.17) is 5.26 Å². The SMILES string of the molecule is CCN(c1ccc(C#N)cc1)c1cccc2ccccc12. The Kier molecular flexibility index (Phi) is 3.57. The summed E-state index contributed by atoms with van der Waals surface area (Å²) in [5, 5.41) is 11.4. The molecule has 0 aliphatic carbocycles. The average molecular weight is 272 g/mol. The second-order valence-corrected chi connectivity index (χ2v) is 4.90. The van der Waals surface area contributed by atoms with E-state index in [1.165, 1.54) is 16.5 Å². The third-order valence-corrected chi connectivity index (χ3v) is 3.68. The minimum atomic E-state index is 0.688. The zero-order valence-electron chi connectivity index (χ0n) is 12.0. The van der Waals surface area contributed by atoms with Crippen molar-refractivity contribution in [1.82, 2.24) is 0 Å². The van der Waals surface area contributed by atoms with E-state index in [1.54, 1.807) is 0 Å². The molecule has 2 nitrogen and oxygen atoms in total. The Morgan fingerprint density at radius 3 is 2.33 bits per heavy atom. The van der Waals surface area contributed by atoms with Gasteiger partial charge in [0.2, 0.25) is 0 Å². The van der Waals surface area contributed by atoms with Gasteiger partial charge in [-0.05, 0) is 42.6 Å². The van der Waals surface area contributed by atoms with Crippen LogP contribution < -0.4 is 4.90 Å². The molecular formula is C19H16N2. The van der Waals surface area contributed by atoms with Crippen molar-refractivity contribution in [3.63, 3.8) is 0 Å². The number of nitrogens with zero attached hydrogens (tertiary/aromatic N) is 2. The lowest BCUT2D eigenvalue weighted by Crippen LogP contribution is -2.16. The summed E-state index contributed by atoms with van der Waals surface area (Å²) in [5.74, 6) is 0. The van der Waals surface area contributed by atoms with E-state index in [0.717, 1.165) is 12.2 Å². The maximum absolute atomic E-state index is 8.92. The molecule has 3 aromatic rings. The van der Waals surface area contributed by atoms with Crippen LogP contribution in [0.1, 0.15) is 12.5 Å². The first-order valence-corrected chi connectivity index (χ1v) is 7.09. The molecule has 3 aromatic carbocycles. The minimum Gasteiger partial charge on any atom is -0.341 e. The van der Waals surface area contributed by atoms with Crippen molar-refractivity contribution in [1.29, 1.82) is 5.26 Å². The van der Waals surface area contributed by atoms with Crippen LogP contribution in [0.2, 0.25) is 0 Å². The first-order chi connectivity index (χ1) is 10.3. The van der Waals surface area contributed by atoms with Crippen molar-refractivity contribution in [3.8, 4) is 6.07 Å². The minimum absolute atomic E-state index is 0.688. The lowest BCUT2D eigenvalue weighted by atomic mass is 10.1. The standard InChI is InChI=1S/C19H16N2/c1-2-21(17-12-10-15(14-20)11-13-17)19-9-5-7-16-6-3-4-8-18(16)19/h3-13H,2H2,1H3. The molecule has 0 aliphatic heterocycles. The summed E-state index contributed by atoms with van der Waals surface area (Å²) in [6.07, 6.45) is 0. The van der Waals surface area contributed by atoms with Gasteiger partial charge in [0, 0.05) is 23.3 Å². The molecule has 0 saturated carbocycles. The van der Waals surface area contributed by atoms with Gasteiger partial charge in [0.05, 0.1) is 11.6 Å². The number of rotatable bonds is 3. The maximum Gasteiger partial charge on any atom is 0.0991 e. The summed E-state index contributed by atoms with van der Waals surface area (Å²) in [5.41, 5.74) is 2.99. The summed E-state index contributed by atoms with van der Waals surface area (Å²) in [4.78, 5) is 2.27. The van der Waals surface area contributed by atoms with Gasteiger partial charge in [0.15, 0.2) is 0 Å². The van der Waals surface area contributed by atoms with Crippen LogP contribution in [0.15, 0.2) is 66.7 Å². The molecule has 0 unspecified atom stereocenters. The Morgan fingerprint density at radius 1 is 0.905 bits per heavy atom. The van der Waals surface area contributed by atoms with E-state index in [1.807, 2.05) is 24.3 Å². The van der Waals surface area contributed by atoms with Gasteiger partial charge in [0.1, 0.15) is 0 Å². The Bertz CT molecular complexity index is 792. The molecule has 0 atom stereocenters. The van der Waals surface area contributed by atoms with Gasteiger partial charge >= 0.3 is 0 Å². The van der Waals surface area contributed by atoms with Gasteiger partial charge in [-0.15, -0.1) is 0 Å². The predicted octanol–water partition coefficient (Wildman–Crippen LogP) is 4.87. The van der Waals surface area contributed by atoms with Crippen LogP contribution in [0.25, 0.3) is 10.8 Å². The van der Waals surface area contributed by atoms with Crippen LogP contribution >= 0.6 is 0 Å². The topological polar surface area (TPSA) is 27.0 Å². The highest BCUT2D eigenvalue weighted by Crippen LogP contribution is 2.32. The molecule has 21 heavy (non-hydrogen) atoms. The molecule has 0 radical (unpaired) electrons. The molecule has 0 heterocycles. The number of hydrogen-bond acceptors (Lipinski definition) is 2. The molecule has 0 aliphatic rings. The molecule has 3 rings (SSSR count). The fraction of sp³-hybridized carbons (Fsp3) is 0.105. The number of fused-ring (bicyclic) bond motifs is 1. The third kappa shape index (κ3) is 2.46. The highest BCUT2D eigenvalue weighted by Gasteiger charge is 2.10. The van der Waals surface area contributed by atoms with E-state index in [2.05, 4.69) is 60.4 Å². The van der Waals surface area contributed by atoms with Crippen molar-refractivity contribution >= 4 is 22.1 Å². The molecule has 2 heteroatoms. The van der Waals surface area contributed by atoms with Crippen molar-refractivity contribution < 1.29 is 0 Å². The quantitative estimate of drug-likeness (QED) is 0.680. The van der Waals surface area contributed by atoms with Crippen molar-refractivity contribution in [2.45, 2.75) is 6.92 Å². The van der Waals surface area contributed by atoms with E-state index in [9.17, 15) is 0 Å². The summed E-state index contributed by atoms with van der Waals surface area (Å²) < 4.78 is 0. The van der Waals surface area contributed by atoms with Crippen molar-refractivity contribution in [2.75, 3.05) is 11.4 Å². The largest absolute Gasteiger partial charge is 0.341 e. The van der Waals surface area contributed by atoms with Crippen molar-refractivity contribution in [2.24, 2.45) is 0 Å². The van der Waals surface area contributed by atoms with E-state index < -0.39 is 0 Å². The lowest BCUT2D eigenvalue weighted by molar-refractivity contribution is 1.03. The lowest BCUT2D eigenvalue weighted by Gasteiger charge is -2.25. The smallest absolute Gasteiger partial charge is 0.0991 e. The second kappa shape index (κ2) is 5.68. The Labute approximate surface area is 124 Å². The highest BCUT2D eigenvalue weighted by molar-refractivity contribution is 5.96. The van der Waals surface area contributed by atoms with Gasteiger partial charge in [-0.2, -0.15) is 5.26 Å². The molecule has 0 N–H and O–H groups in total. The summed E-state index contributed by atoms with van der Waals surface area (Å²) in [6.45, 7) is 3.01. The third-order valence-electron chi connectivity index (χ3n) is 3.68. The van der Waals surface area contributed by atoms with E-state index in [-0.39, 0.29) is 0 Å². The molecule has 0 amide bonds. The fourth-order valence-electron chi connectivity index (χ4n) is 2.65. The Balaban J connectivity index is 2.11. The van der Waals surface area contributed by atoms with Crippen LogP contribution in [0.4, 0.5) is 11.4 Å². The number of anilines is 2. The molecule has 0 aromatic heterocycles. The van der Waals surface area contributed by atoms with Crippen LogP contribution in [-0.2, 0) is 0 Å². The molecule has 0 saturated heterocycles. The number of hydrogen-bond donors (Lipinski definition) is 0. The fourth-order valence-corrected chi connectivity index (χ4v) is 2.65. The molecule has 0 bridgehead atoms. The summed E-state index contributed by atoms with van der Waals surface area (Å²) >= 11 is 0. The predicted molar refractivity (Wildman–Crippen MR) is 87.8 cm³/mol. The van der Waals surface area contributed by atoms with Crippen LogP contribution in [0.3, 0.4) is 0 Å². The first kappa shape index (κ1) is 13.2. The van der Waals surface area contributed by atoms with Gasteiger partial charge in [-0.3, -0.25) is 0 Å². The van der Waals surface area contributed by atoms with Gasteiger partial charge in [0.25, 0.3) is 0 Å². The van der Waals surface area contributed by atoms with Crippen LogP contribution in [0, 0.1) is 11.3 Å². The summed E-state index contributed by atoms with van der Waals surface area (Å²) in [7, 11) is 0. The Hall–Kier alpha value is -2.79. The molecule has 0 fully saturated rings. The van der Waals surface area contributed by atoms with Gasteiger partial charge in [-0.25, -0.2) is 0 Å². The second-order valence-electron chi connectivity index (χ2n) is 4.90. The maximum atomic E-state index is 8.92. The zero-order valence-corrected chi connectivity index (χ0v) is 12.0. The van der Waals surface area contributed by atoms with Crippen molar-refractivity contribution in [3.05, 3.63) is 72.3 Å². The molecule has 102 valence electrons. The van der Waals surface area contributed by atoms with Crippen LogP contribution in [-0.4, -0.2) is 6.54 Å². The van der Waals surface area contributed by atoms with Gasteiger partial charge < -0.3 is 4.90 Å². The van der Waals surface area contributed by atoms with Gasteiger partial charge in [-0.1, -0.05) is 36.4 Å². The number of benzene rings is 3. The highest BCUT2D eigenvalue weighted by atomic mass is 15.1. The average Bonchev–Trinajstić information content (AvgIpc) is 2.56. The number of nitriles is 1. The normalized spacial score (nSPS) is 10.3. The Morgan fingerprint density at radius 2 is 1.62 bits per heavy atom. The van der Waals surface area contributed by atoms with Crippen LogP contribution in [0.5, 0.6) is 0 Å². The monoisotopic (exact) mass is 272 g/mol. The zero-order chi connectivity index (χ0) is 14.7. The molecule has 0 spiro atoms. The first-order valence-electron chi connectivity index (χ1n) is 7.09. The molecular weight excluding hydrogens is 256 g/mol. The van der Waals surface area contributed by atoms with E-state index in [0.29, 0.717) is 5.56 Å². The summed E-state index contributed by atoms with van der Waals surface area (Å²) in [6, 6.07) is 24.7.